The summed E-state index contributed by atoms with van der Waals surface area (Å²) in [6, 6.07) is 29.2. The second-order valence-electron chi connectivity index (χ2n) is 30.2. The fraction of sp³-hybridized carbons (Fsp3) is 0.442. The fourth-order valence-corrected chi connectivity index (χ4v) is 16.4. The summed E-state index contributed by atoms with van der Waals surface area (Å²) in [5, 5.41) is 27.5. The number of esters is 2. The van der Waals surface area contributed by atoms with E-state index in [0.717, 1.165) is 167 Å². The average molecular weight is 1600 g/mol. The molecule has 0 aliphatic carbocycles. The smallest absolute Gasteiger partial charge is 0.490 e. The van der Waals surface area contributed by atoms with Crippen molar-refractivity contribution in [1.82, 2.24) is 15.0 Å². The number of rotatable bonds is 20. The molecule has 111 heavy (non-hydrogen) atoms. The van der Waals surface area contributed by atoms with E-state index in [-0.39, 0.29) is 12.6 Å². The van der Waals surface area contributed by atoms with Crippen LogP contribution < -0.4 is 33.9 Å². The van der Waals surface area contributed by atoms with Crippen LogP contribution in [-0.2, 0) is 57.3 Å². The number of aryl methyl sites for hydroxylation is 6. The van der Waals surface area contributed by atoms with Gasteiger partial charge in [-0.15, -0.1) is 34.0 Å². The number of hydrogen-bond donors (Lipinski definition) is 3. The molecule has 20 nitrogen and oxygen atoms in total. The minimum absolute atomic E-state index is 0.285. The lowest BCUT2D eigenvalue weighted by Gasteiger charge is -2.27. The van der Waals surface area contributed by atoms with Gasteiger partial charge in [-0.3, -0.25) is 0 Å². The van der Waals surface area contributed by atoms with Gasteiger partial charge in [0.05, 0.1) is 71.2 Å². The zero-order valence-corrected chi connectivity index (χ0v) is 70.8. The number of aliphatic carboxylic acids is 1. The number of methoxy groups -OCH3 is 3. The van der Waals surface area contributed by atoms with Crippen LogP contribution in [0.25, 0.3) is 54.3 Å². The van der Waals surface area contributed by atoms with Gasteiger partial charge in [0.25, 0.3) is 0 Å². The number of hydrogen-bond acceptors (Lipinski definition) is 22. The lowest BCUT2D eigenvalue weighted by molar-refractivity contribution is -0.167. The molecule has 0 bridgehead atoms. The van der Waals surface area contributed by atoms with Gasteiger partial charge >= 0.3 is 25.0 Å². The number of halogens is 1. The molecule has 0 fully saturated rings. The second-order valence-corrected chi connectivity index (χ2v) is 34.5. The summed E-state index contributed by atoms with van der Waals surface area (Å²) in [6.07, 6.45) is 7.96. The maximum atomic E-state index is 13.2. The Kier molecular flexibility index (Phi) is 31.6. The number of carbonyl (C=O) groups excluding carboxylic acids is 2. The predicted molar refractivity (Wildman–Crippen MR) is 442 cm³/mol. The first-order valence-electron chi connectivity index (χ1n) is 37.4. The van der Waals surface area contributed by atoms with Crippen LogP contribution in [0, 0.1) is 26.7 Å². The molecule has 3 aliphatic heterocycles. The van der Waals surface area contributed by atoms with Crippen LogP contribution in [0.15, 0.2) is 110 Å². The van der Waals surface area contributed by atoms with E-state index in [0.29, 0.717) is 39.6 Å². The van der Waals surface area contributed by atoms with Gasteiger partial charge in [-0.25, -0.2) is 29.3 Å². The number of thiophene rings is 3. The van der Waals surface area contributed by atoms with E-state index >= 15 is 0 Å². The van der Waals surface area contributed by atoms with E-state index in [4.69, 9.17) is 73.8 Å². The molecule has 6 aromatic heterocycles. The Morgan fingerprint density at radius 2 is 0.811 bits per heavy atom. The molecule has 0 spiro atoms. The Morgan fingerprint density at radius 1 is 0.486 bits per heavy atom. The highest BCUT2D eigenvalue weighted by Gasteiger charge is 2.38. The molecule has 596 valence electrons. The molecule has 12 rings (SSSR count). The number of benzene rings is 3. The third kappa shape index (κ3) is 24.1. The summed E-state index contributed by atoms with van der Waals surface area (Å²) in [4.78, 5) is 55.8. The monoisotopic (exact) mass is 1600 g/mol. The lowest BCUT2D eigenvalue weighted by atomic mass is 9.82. The summed E-state index contributed by atoms with van der Waals surface area (Å²) in [7, 11) is 3.21. The van der Waals surface area contributed by atoms with Gasteiger partial charge in [-0.1, -0.05) is 56.6 Å². The highest BCUT2D eigenvalue weighted by molar-refractivity contribution is 7.17. The molecule has 0 amide bonds. The third-order valence-corrected chi connectivity index (χ3v) is 20.7. The van der Waals surface area contributed by atoms with Gasteiger partial charge in [0.2, 0.25) is 17.6 Å². The normalized spacial score (nSPS) is 13.7. The summed E-state index contributed by atoms with van der Waals surface area (Å²) in [5.41, 5.74) is 11.9. The number of aromatic nitrogens is 3. The van der Waals surface area contributed by atoms with Crippen LogP contribution in [0.4, 0.5) is 0 Å². The third-order valence-electron chi connectivity index (χ3n) is 17.0. The van der Waals surface area contributed by atoms with Gasteiger partial charge in [0, 0.05) is 105 Å². The molecule has 25 heteroatoms. The van der Waals surface area contributed by atoms with Crippen LogP contribution in [0.3, 0.4) is 0 Å². The minimum Gasteiger partial charge on any atom is -0.493 e. The maximum Gasteiger partial charge on any atom is 0.490 e. The zero-order chi connectivity index (χ0) is 81.2. The quantitative estimate of drug-likeness (QED) is 0.0473. The Hall–Kier alpha value is -8.43. The zero-order valence-electron chi connectivity index (χ0n) is 67.6. The molecule has 3 unspecified atom stereocenters. The summed E-state index contributed by atoms with van der Waals surface area (Å²) >= 11 is 11.3. The van der Waals surface area contributed by atoms with Gasteiger partial charge < -0.3 is 67.3 Å². The molecule has 3 aliphatic rings. The largest absolute Gasteiger partial charge is 0.493 e. The van der Waals surface area contributed by atoms with Crippen LogP contribution in [0.1, 0.15) is 183 Å². The van der Waals surface area contributed by atoms with Crippen molar-refractivity contribution in [2.75, 3.05) is 54.4 Å². The van der Waals surface area contributed by atoms with E-state index in [1.165, 1.54) is 41.8 Å². The van der Waals surface area contributed by atoms with Crippen LogP contribution in [-0.4, -0.2) is 126 Å². The molecule has 0 saturated heterocycles. The van der Waals surface area contributed by atoms with Gasteiger partial charge in [-0.2, -0.15) is 0 Å². The van der Waals surface area contributed by atoms with Crippen molar-refractivity contribution in [1.29, 1.82) is 0 Å². The van der Waals surface area contributed by atoms with E-state index in [1.807, 2.05) is 151 Å². The molecule has 9 aromatic rings. The molecule has 0 saturated carbocycles. The number of nitrogens with zero attached hydrogens (tertiary/aromatic N) is 3. The van der Waals surface area contributed by atoms with E-state index < -0.39 is 54.2 Å². The Labute approximate surface area is 671 Å². The Bertz CT molecular complexity index is 4570. The number of carboxylic acid groups (broad SMARTS) is 1. The summed E-state index contributed by atoms with van der Waals surface area (Å²) in [6.45, 7) is 36.1. The topological polar surface area (TPSA) is 252 Å². The Balaban J connectivity index is 0.000000192. The van der Waals surface area contributed by atoms with Gasteiger partial charge in [0.15, 0.2) is 18.3 Å². The van der Waals surface area contributed by atoms with Crippen LogP contribution >= 0.6 is 45.6 Å². The van der Waals surface area contributed by atoms with E-state index in [9.17, 15) is 19.5 Å². The van der Waals surface area contributed by atoms with Crippen molar-refractivity contribution in [2.24, 2.45) is 5.92 Å². The maximum absolute atomic E-state index is 13.2. The standard InChI is InChI=1S/C28H33NO5S.C26H29NO5S.C22H27ClO4S.C6H8BNO3.C4H10/c1-7-32-27(30)25(34-28(3,4)5)23-17(2)35-26(20-11-13-22(31-6)29-16-20)24(23)19-10-12-21-18(15-19)9-8-14-33-21;1-15-21(23(25(28)29)32-26(2,3)4)22(17-8-10-19-16(13-17)7-6-12-31-19)24(33-15)18-9-11-20(30-5)27-14-18;1-6-25-21(24)19(27-22(3,4)5)17-13(2)28-20(23)18(17)15-9-10-16-14(12-15)8-7-11-26-16;1-11-6-3-2-5(4-8-6)7(9)10;1-4(2)3/h10-13,15-16,25H,7-9,14H2,1-6H3;8-11,13-14,23H,6-7,12H2,1-5H3,(H,28,29);9-10,12,19H,6-8,11H2,1-5H3;2-4,9-10H,1H3;4H,1-3H3. The summed E-state index contributed by atoms with van der Waals surface area (Å²) < 4.78 is 62.7. The summed E-state index contributed by atoms with van der Waals surface area (Å²) in [5.74, 6) is 3.33. The van der Waals surface area contributed by atoms with Crippen molar-refractivity contribution in [3.63, 3.8) is 0 Å². The first-order valence-corrected chi connectivity index (χ1v) is 40.2. The Morgan fingerprint density at radius 3 is 1.13 bits per heavy atom. The molecule has 3 atom stereocenters. The molecule has 9 heterocycles. The van der Waals surface area contributed by atoms with E-state index in [1.54, 1.807) is 56.1 Å². The highest BCUT2D eigenvalue weighted by atomic mass is 35.5. The van der Waals surface area contributed by atoms with Gasteiger partial charge in [0.1, 0.15) is 21.6 Å². The number of fused-ring (bicyclic) bond motifs is 3. The number of carboxylic acids is 1. The lowest BCUT2D eigenvalue weighted by Crippen LogP contribution is -2.29. The predicted octanol–water partition coefficient (Wildman–Crippen LogP) is 19.2. The van der Waals surface area contributed by atoms with E-state index in [2.05, 4.69) is 60.0 Å². The highest BCUT2D eigenvalue weighted by Crippen LogP contribution is 2.52. The second kappa shape index (κ2) is 39.8. The van der Waals surface area contributed by atoms with Crippen LogP contribution in [0.5, 0.6) is 34.9 Å². The van der Waals surface area contributed by atoms with Crippen molar-refractivity contribution in [3.05, 3.63) is 162 Å². The first kappa shape index (κ1) is 88.1. The molecular formula is C86H107BClN3O17S3. The fourth-order valence-electron chi connectivity index (χ4n) is 12.5. The first-order chi connectivity index (χ1) is 52.6. The molecular weight excluding hydrogens is 1490 g/mol. The van der Waals surface area contributed by atoms with Crippen LogP contribution in [0.2, 0.25) is 4.34 Å². The van der Waals surface area contributed by atoms with Gasteiger partial charge in [-0.05, 0) is 229 Å². The molecule has 0 radical (unpaired) electrons. The minimum atomic E-state index is -1.46. The number of ether oxygens (including phenoxy) is 11. The average Bonchev–Trinajstić information content (AvgIpc) is 1.64. The number of carbonyl (C=O) groups is 3. The molecule has 3 aromatic carbocycles. The van der Waals surface area contributed by atoms with Crippen molar-refractivity contribution in [3.8, 4) is 89.2 Å². The van der Waals surface area contributed by atoms with Crippen molar-refractivity contribution < 1.29 is 81.6 Å². The van der Waals surface area contributed by atoms with Crippen molar-refractivity contribution >= 4 is 76.1 Å². The SMILES string of the molecule is CC(C)C.CCOC(=O)C(OC(C)(C)C)c1c(C)sc(-c2ccc(OC)nc2)c1-c1ccc2c(c1)CCCO2.CCOC(=O)C(OC(C)(C)C)c1c(C)sc(Cl)c1-c1ccc2c(c1)CCCO2.COc1ccc(-c2sc(C)c(C(OC(C)(C)C)C(=O)O)c2-c2ccc3c(c2)CCCO3)cn1.COc1ccc(B(O)O)cn1. The number of pyridine rings is 3. The van der Waals surface area contributed by atoms with Crippen molar-refractivity contribution in [2.45, 2.75) is 191 Å². The molecule has 3 N–H and O–H groups in total.